The number of anilines is 1. The summed E-state index contributed by atoms with van der Waals surface area (Å²) in [5.41, 5.74) is 0.945. The lowest BCUT2D eigenvalue weighted by atomic mass is 10.2. The lowest BCUT2D eigenvalue weighted by Gasteiger charge is -2.19. The molecule has 1 aliphatic carbocycles. The fourth-order valence-electron chi connectivity index (χ4n) is 2.39. The number of pyridine rings is 1. The first-order chi connectivity index (χ1) is 9.47. The highest BCUT2D eigenvalue weighted by Crippen LogP contribution is 2.38. The minimum Gasteiger partial charge on any atom is -0.359 e. The Morgan fingerprint density at radius 3 is 2.75 bits per heavy atom. The van der Waals surface area contributed by atoms with Crippen LogP contribution in [0.5, 0.6) is 0 Å². The number of halogens is 1. The Labute approximate surface area is 127 Å². The predicted octanol–water partition coefficient (Wildman–Crippen LogP) is 3.57. The highest BCUT2D eigenvalue weighted by molar-refractivity contribution is 6.31. The third-order valence-corrected chi connectivity index (χ3v) is 4.27. The van der Waals surface area contributed by atoms with Gasteiger partial charge < -0.3 is 10.2 Å². The molecule has 1 saturated carbocycles. The van der Waals surface area contributed by atoms with Crippen molar-refractivity contribution in [1.29, 1.82) is 0 Å². The zero-order valence-electron chi connectivity index (χ0n) is 13.0. The Kier molecular flexibility index (Phi) is 5.28. The Morgan fingerprint density at radius 1 is 1.45 bits per heavy atom. The summed E-state index contributed by atoms with van der Waals surface area (Å²) < 4.78 is 0. The van der Waals surface area contributed by atoms with E-state index in [1.165, 1.54) is 6.42 Å². The first kappa shape index (κ1) is 15.6. The molecule has 2 atom stereocenters. The van der Waals surface area contributed by atoms with Crippen LogP contribution < -0.4 is 10.2 Å². The first-order valence-electron chi connectivity index (χ1n) is 7.54. The van der Waals surface area contributed by atoms with Gasteiger partial charge in [-0.2, -0.15) is 0 Å². The quantitative estimate of drug-likeness (QED) is 0.833. The minimum atomic E-state index is 0.635. The highest BCUT2D eigenvalue weighted by Gasteiger charge is 2.33. The van der Waals surface area contributed by atoms with Gasteiger partial charge >= 0.3 is 0 Å². The van der Waals surface area contributed by atoms with Gasteiger partial charge in [-0.05, 0) is 42.9 Å². The lowest BCUT2D eigenvalue weighted by Crippen LogP contribution is -2.23. The molecule has 0 radical (unpaired) electrons. The van der Waals surface area contributed by atoms with Gasteiger partial charge in [-0.25, -0.2) is 4.98 Å². The summed E-state index contributed by atoms with van der Waals surface area (Å²) in [7, 11) is 2.12. The molecule has 2 unspecified atom stereocenters. The molecule has 112 valence electrons. The second kappa shape index (κ2) is 6.77. The summed E-state index contributed by atoms with van der Waals surface area (Å²) >= 11 is 6.24. The second-order valence-electron chi connectivity index (χ2n) is 6.48. The highest BCUT2D eigenvalue weighted by atomic mass is 35.5. The Balaban J connectivity index is 1.96. The average molecular weight is 296 g/mol. The average Bonchev–Trinajstić information content (AvgIpc) is 3.06. The van der Waals surface area contributed by atoms with Crippen molar-refractivity contribution >= 4 is 17.4 Å². The van der Waals surface area contributed by atoms with Gasteiger partial charge in [0.25, 0.3) is 0 Å². The van der Waals surface area contributed by atoms with Gasteiger partial charge in [-0.3, -0.25) is 0 Å². The number of rotatable bonds is 7. The van der Waals surface area contributed by atoms with Crippen LogP contribution in [-0.4, -0.2) is 25.1 Å². The molecule has 0 amide bonds. The van der Waals surface area contributed by atoms with Crippen LogP contribution in [0.15, 0.2) is 12.1 Å². The topological polar surface area (TPSA) is 28.2 Å². The molecular weight excluding hydrogens is 270 g/mol. The van der Waals surface area contributed by atoms with E-state index < -0.39 is 0 Å². The monoisotopic (exact) mass is 295 g/mol. The predicted molar refractivity (Wildman–Crippen MR) is 86.3 cm³/mol. The maximum Gasteiger partial charge on any atom is 0.128 e. The molecule has 0 bridgehead atoms. The Morgan fingerprint density at radius 2 is 2.15 bits per heavy atom. The minimum absolute atomic E-state index is 0.635. The fraction of sp³-hybridized carbons (Fsp3) is 0.688. The van der Waals surface area contributed by atoms with Crippen molar-refractivity contribution in [2.45, 2.75) is 33.7 Å². The zero-order valence-corrected chi connectivity index (χ0v) is 13.7. The maximum atomic E-state index is 6.24. The standard InChI is InChI=1S/C16H26ClN3/c1-11(2)8-18-9-15-14(17)5-6-16(19-15)20(4)10-13-7-12(13)3/h5-6,11-13,18H,7-10H2,1-4H3. The molecule has 1 fully saturated rings. The van der Waals surface area contributed by atoms with Gasteiger partial charge in [0, 0.05) is 20.1 Å². The van der Waals surface area contributed by atoms with E-state index in [4.69, 9.17) is 16.6 Å². The van der Waals surface area contributed by atoms with Gasteiger partial charge in [-0.1, -0.05) is 32.4 Å². The second-order valence-corrected chi connectivity index (χ2v) is 6.88. The van der Waals surface area contributed by atoms with Crippen LogP contribution in [0.3, 0.4) is 0 Å². The molecule has 0 aliphatic heterocycles. The summed E-state index contributed by atoms with van der Waals surface area (Å²) in [5.74, 6) is 3.36. The number of hydrogen-bond acceptors (Lipinski definition) is 3. The molecule has 4 heteroatoms. The molecule has 2 rings (SSSR count). The lowest BCUT2D eigenvalue weighted by molar-refractivity contribution is 0.548. The van der Waals surface area contributed by atoms with Crippen LogP contribution >= 0.6 is 11.6 Å². The van der Waals surface area contributed by atoms with E-state index in [-0.39, 0.29) is 0 Å². The van der Waals surface area contributed by atoms with E-state index in [1.807, 2.05) is 12.1 Å². The molecule has 0 saturated heterocycles. The van der Waals surface area contributed by atoms with E-state index in [1.54, 1.807) is 0 Å². The first-order valence-corrected chi connectivity index (χ1v) is 7.92. The van der Waals surface area contributed by atoms with Crippen molar-refractivity contribution in [1.82, 2.24) is 10.3 Å². The molecule has 0 aromatic carbocycles. The molecule has 1 aromatic heterocycles. The number of nitrogens with one attached hydrogen (secondary N) is 1. The normalized spacial score (nSPS) is 21.3. The van der Waals surface area contributed by atoms with Gasteiger partial charge in [0.2, 0.25) is 0 Å². The van der Waals surface area contributed by atoms with E-state index in [2.05, 4.69) is 38.0 Å². The van der Waals surface area contributed by atoms with Gasteiger partial charge in [0.15, 0.2) is 0 Å². The Hall–Kier alpha value is -0.800. The van der Waals surface area contributed by atoms with Crippen LogP contribution in [-0.2, 0) is 6.54 Å². The summed E-state index contributed by atoms with van der Waals surface area (Å²) in [4.78, 5) is 6.95. The molecule has 3 nitrogen and oxygen atoms in total. The number of nitrogens with zero attached hydrogens (tertiary/aromatic N) is 2. The van der Waals surface area contributed by atoms with Crippen molar-refractivity contribution in [2.24, 2.45) is 17.8 Å². The smallest absolute Gasteiger partial charge is 0.128 e. The summed E-state index contributed by atoms with van der Waals surface area (Å²) in [6.45, 7) is 9.52. The number of hydrogen-bond donors (Lipinski definition) is 1. The van der Waals surface area contributed by atoms with Crippen LogP contribution in [0.25, 0.3) is 0 Å². The zero-order chi connectivity index (χ0) is 14.7. The third-order valence-electron chi connectivity index (χ3n) is 3.92. The summed E-state index contributed by atoms with van der Waals surface area (Å²) in [6.07, 6.45) is 1.35. The van der Waals surface area contributed by atoms with E-state index in [0.717, 1.165) is 48.0 Å². The van der Waals surface area contributed by atoms with Crippen LogP contribution in [0.4, 0.5) is 5.82 Å². The summed E-state index contributed by atoms with van der Waals surface area (Å²) in [6, 6.07) is 3.98. The van der Waals surface area contributed by atoms with Gasteiger partial charge in [0.05, 0.1) is 10.7 Å². The maximum absolute atomic E-state index is 6.24. The van der Waals surface area contributed by atoms with Gasteiger partial charge in [-0.15, -0.1) is 0 Å². The third kappa shape index (κ3) is 4.35. The molecule has 1 aliphatic rings. The SMILES string of the molecule is CC(C)CNCc1nc(N(C)CC2CC2C)ccc1Cl. The van der Waals surface area contributed by atoms with E-state index in [0.29, 0.717) is 5.92 Å². The fourth-order valence-corrected chi connectivity index (χ4v) is 2.56. The molecule has 20 heavy (non-hydrogen) atoms. The molecule has 1 N–H and O–H groups in total. The van der Waals surface area contributed by atoms with Crippen molar-refractivity contribution in [3.8, 4) is 0 Å². The molecule has 1 aromatic rings. The van der Waals surface area contributed by atoms with E-state index in [9.17, 15) is 0 Å². The summed E-state index contributed by atoms with van der Waals surface area (Å²) in [5, 5.41) is 4.15. The molecule has 1 heterocycles. The van der Waals surface area contributed by atoms with Gasteiger partial charge in [0.1, 0.15) is 5.82 Å². The van der Waals surface area contributed by atoms with Crippen molar-refractivity contribution < 1.29 is 0 Å². The molecule has 0 spiro atoms. The Bertz CT molecular complexity index is 447. The largest absolute Gasteiger partial charge is 0.359 e. The van der Waals surface area contributed by atoms with Crippen molar-refractivity contribution in [2.75, 3.05) is 25.0 Å². The number of aromatic nitrogens is 1. The molecular formula is C16H26ClN3. The van der Waals surface area contributed by atoms with Crippen molar-refractivity contribution in [3.63, 3.8) is 0 Å². The van der Waals surface area contributed by atoms with Crippen LogP contribution in [0.2, 0.25) is 5.02 Å². The van der Waals surface area contributed by atoms with Crippen molar-refractivity contribution in [3.05, 3.63) is 22.8 Å². The van der Waals surface area contributed by atoms with E-state index >= 15 is 0 Å². The van der Waals surface area contributed by atoms with Crippen LogP contribution in [0, 0.1) is 17.8 Å². The van der Waals surface area contributed by atoms with Crippen LogP contribution in [0.1, 0.15) is 32.9 Å².